The number of allylic oxidation sites excluding steroid dienone is 3. The van der Waals surface area contributed by atoms with Gasteiger partial charge in [0.2, 0.25) is 0 Å². The Kier molecular flexibility index (Phi) is 11.2. The lowest BCUT2D eigenvalue weighted by Gasteiger charge is -2.44. The summed E-state index contributed by atoms with van der Waals surface area (Å²) in [5.41, 5.74) is 19.2. The molecule has 2 aliphatic carbocycles. The molecule has 0 unspecified atom stereocenters. The van der Waals surface area contributed by atoms with Gasteiger partial charge in [-0.15, -0.1) is 0 Å². The van der Waals surface area contributed by atoms with E-state index < -0.39 is 0 Å². The molecule has 3 aliphatic heterocycles. The van der Waals surface area contributed by atoms with Crippen LogP contribution in [0, 0.1) is 0 Å². The van der Waals surface area contributed by atoms with Gasteiger partial charge in [-0.05, 0) is 170 Å². The molecule has 0 atom stereocenters. The van der Waals surface area contributed by atoms with Crippen molar-refractivity contribution in [2.24, 2.45) is 0 Å². The van der Waals surface area contributed by atoms with Gasteiger partial charge in [-0.2, -0.15) is 0 Å². The average molecular weight is 1010 g/mol. The molecule has 2 aromatic heterocycles. The quantitative estimate of drug-likeness (QED) is 0.149. The molecule has 77 heavy (non-hydrogen) atoms. The molecule has 386 valence electrons. The Morgan fingerprint density at radius 1 is 0.532 bits per heavy atom. The van der Waals surface area contributed by atoms with Crippen molar-refractivity contribution in [1.82, 2.24) is 14.4 Å². The molecular formula is C70H72BN5O. The number of hydrogen-bond donors (Lipinski definition) is 0. The van der Waals surface area contributed by atoms with Crippen molar-refractivity contribution in [2.45, 2.75) is 129 Å². The van der Waals surface area contributed by atoms with Crippen LogP contribution in [0.15, 0.2) is 182 Å². The van der Waals surface area contributed by atoms with E-state index in [1.54, 1.807) is 0 Å². The predicted octanol–water partition coefficient (Wildman–Crippen LogP) is 17.8. The van der Waals surface area contributed by atoms with Crippen molar-refractivity contribution in [3.05, 3.63) is 221 Å². The molecule has 5 aliphatic rings. The summed E-state index contributed by atoms with van der Waals surface area (Å²) >= 11 is 0. The molecule has 7 heteroatoms. The maximum absolute atomic E-state index is 6.93. The lowest BCUT2D eigenvalue weighted by molar-refractivity contribution is 0.332. The van der Waals surface area contributed by atoms with Gasteiger partial charge in [-0.3, -0.25) is 4.57 Å². The maximum Gasteiger partial charge on any atom is 0.313 e. The van der Waals surface area contributed by atoms with Crippen LogP contribution in [-0.4, -0.2) is 27.9 Å². The fourth-order valence-corrected chi connectivity index (χ4v) is 13.4. The summed E-state index contributed by atoms with van der Waals surface area (Å²) in [6, 6.07) is 52.0. The smallest absolute Gasteiger partial charge is 0.313 e. The number of nitrogens with zero attached hydrogens (tertiary/aromatic N) is 5. The van der Waals surface area contributed by atoms with Crippen molar-refractivity contribution in [1.29, 1.82) is 0 Å². The van der Waals surface area contributed by atoms with Crippen molar-refractivity contribution < 1.29 is 4.74 Å². The zero-order valence-corrected chi connectivity index (χ0v) is 47.0. The molecule has 8 aromatic rings. The van der Waals surface area contributed by atoms with Gasteiger partial charge in [0, 0.05) is 34.8 Å². The first kappa shape index (κ1) is 49.1. The van der Waals surface area contributed by atoms with Crippen LogP contribution in [0.2, 0.25) is 0 Å². The molecule has 0 radical (unpaired) electrons. The van der Waals surface area contributed by atoms with E-state index in [4.69, 9.17) is 9.72 Å². The molecule has 6 aromatic carbocycles. The second-order valence-corrected chi connectivity index (χ2v) is 26.2. The summed E-state index contributed by atoms with van der Waals surface area (Å²) in [4.78, 5) is 12.5. The maximum atomic E-state index is 6.93. The van der Waals surface area contributed by atoms with Crippen LogP contribution in [0.25, 0.3) is 38.9 Å². The first-order chi connectivity index (χ1) is 36.8. The Hall–Kier alpha value is -7.51. The van der Waals surface area contributed by atoms with Crippen LogP contribution >= 0.6 is 0 Å². The van der Waals surface area contributed by atoms with E-state index in [9.17, 15) is 0 Å². The molecule has 13 rings (SSSR count). The largest absolute Gasteiger partial charge is 0.457 e. The second-order valence-electron chi connectivity index (χ2n) is 26.2. The van der Waals surface area contributed by atoms with E-state index in [1.165, 1.54) is 79.8 Å². The van der Waals surface area contributed by atoms with Gasteiger partial charge < -0.3 is 19.3 Å². The molecule has 0 fully saturated rings. The van der Waals surface area contributed by atoms with Crippen LogP contribution in [0.4, 0.5) is 17.1 Å². The fraction of sp³-hybridized carbons (Fsp3) is 0.300. The third-order valence-corrected chi connectivity index (χ3v) is 18.2. The van der Waals surface area contributed by atoms with Crippen LogP contribution < -0.4 is 14.5 Å². The van der Waals surface area contributed by atoms with Gasteiger partial charge in [0.25, 0.3) is 0 Å². The van der Waals surface area contributed by atoms with Gasteiger partial charge in [0.05, 0.1) is 33.8 Å². The predicted molar refractivity (Wildman–Crippen MR) is 324 cm³/mol. The molecular weight excluding hydrogens is 938 g/mol. The molecule has 0 N–H and O–H groups in total. The standard InChI is InChI=1S/C70H72BN5O/c1-66(2,3)48-31-37-72-63(41-48)76-59-22-13-12-21-52(59)53-28-27-51(43-62(53)76)77-50-20-18-19-49(42-50)73-45-74(61-24-15-14-23-60(61)73)65-54(46-25-29-55-57(39-46)69(8,9)34-32-67(55,4)5)44-71-36-16-17-38-75(71)64(65)47-26-30-56-58(40-47)70(10,11)35-33-68(56,6)7/h12-31,36-44H,32-35,45H2,1-11H3. The minimum Gasteiger partial charge on any atom is -0.457 e. The number of pyridine rings is 1. The van der Waals surface area contributed by atoms with Crippen LogP contribution in [0.5, 0.6) is 11.5 Å². The molecule has 0 saturated heterocycles. The third kappa shape index (κ3) is 8.17. The first-order valence-electron chi connectivity index (χ1n) is 28.1. The number of fused-ring (bicyclic) bond motifs is 7. The van der Waals surface area contributed by atoms with E-state index in [1.807, 2.05) is 6.20 Å². The number of ether oxygens (including phenoxy) is 1. The van der Waals surface area contributed by atoms with Crippen LogP contribution in [0.3, 0.4) is 0 Å². The van der Waals surface area contributed by atoms with Gasteiger partial charge in [0.15, 0.2) is 0 Å². The Labute approximate surface area is 457 Å². The molecule has 6 nitrogen and oxygen atoms in total. The number of rotatable bonds is 7. The van der Waals surface area contributed by atoms with E-state index in [2.05, 4.69) is 265 Å². The normalized spacial score (nSPS) is 18.8. The molecule has 0 spiro atoms. The Morgan fingerprint density at radius 2 is 1.16 bits per heavy atom. The fourth-order valence-electron chi connectivity index (χ4n) is 13.4. The van der Waals surface area contributed by atoms with E-state index >= 15 is 0 Å². The monoisotopic (exact) mass is 1010 g/mol. The highest BCUT2D eigenvalue weighted by atomic mass is 16.5. The molecule has 0 bridgehead atoms. The molecule has 0 saturated carbocycles. The summed E-state index contributed by atoms with van der Waals surface area (Å²) in [6.07, 6.45) is 13.3. The Morgan fingerprint density at radius 3 is 1.87 bits per heavy atom. The summed E-state index contributed by atoms with van der Waals surface area (Å²) in [5, 5.41) is 2.35. The SMILES string of the molecule is CC(C)(C)c1ccnc(-n2c3ccccc3c3ccc(Oc4cccc(N5CN(C6=C(c7ccc8c(c7)C(C)(C)CCC8(C)C)N7C=CC=CB7C=C6c6ccc7c(c6)C(C)(C)CCC7(C)C)c6ccccc65)c4)cc32)c1. The lowest BCUT2D eigenvalue weighted by atomic mass is 9.55. The molecule has 5 heterocycles. The third-order valence-electron chi connectivity index (χ3n) is 18.2. The van der Waals surface area contributed by atoms with Crippen LogP contribution in [0.1, 0.15) is 141 Å². The summed E-state index contributed by atoms with van der Waals surface area (Å²) in [5.74, 6) is 7.34. The summed E-state index contributed by atoms with van der Waals surface area (Å²) in [7, 11) is 0. The second kappa shape index (κ2) is 17.5. The first-order valence-corrected chi connectivity index (χ1v) is 28.1. The number of benzene rings is 6. The van der Waals surface area contributed by atoms with E-state index in [0.717, 1.165) is 58.0 Å². The zero-order valence-electron chi connectivity index (χ0n) is 47.0. The Balaban J connectivity index is 0.941. The van der Waals surface area contributed by atoms with Crippen molar-refractivity contribution in [2.75, 3.05) is 16.5 Å². The Bertz CT molecular complexity index is 3850. The van der Waals surface area contributed by atoms with Crippen molar-refractivity contribution >= 4 is 57.0 Å². The highest BCUT2D eigenvalue weighted by Gasteiger charge is 2.43. The number of aromatic nitrogens is 2. The average Bonchev–Trinajstić information content (AvgIpc) is 4.01. The van der Waals surface area contributed by atoms with Crippen LogP contribution in [-0.2, 0) is 27.1 Å². The van der Waals surface area contributed by atoms with Crippen molar-refractivity contribution in [3.8, 4) is 17.3 Å². The minimum atomic E-state index is -0.0182. The number of hydrogen-bond acceptors (Lipinski definition) is 5. The van der Waals surface area contributed by atoms with Crippen molar-refractivity contribution in [3.63, 3.8) is 0 Å². The molecule has 0 amide bonds. The van der Waals surface area contributed by atoms with Gasteiger partial charge in [-0.1, -0.05) is 161 Å². The minimum absolute atomic E-state index is 0.0182. The number of anilines is 3. The van der Waals surface area contributed by atoms with E-state index in [-0.39, 0.29) is 33.9 Å². The van der Waals surface area contributed by atoms with Gasteiger partial charge in [0.1, 0.15) is 24.0 Å². The van der Waals surface area contributed by atoms with Gasteiger partial charge >= 0.3 is 6.85 Å². The summed E-state index contributed by atoms with van der Waals surface area (Å²) in [6.45, 7) is 26.9. The van der Waals surface area contributed by atoms with Gasteiger partial charge in [-0.25, -0.2) is 4.98 Å². The highest BCUT2D eigenvalue weighted by Crippen LogP contribution is 2.53. The lowest BCUT2D eigenvalue weighted by Crippen LogP contribution is -2.41. The number of para-hydroxylation sites is 3. The highest BCUT2D eigenvalue weighted by molar-refractivity contribution is 6.70. The topological polar surface area (TPSA) is 36.8 Å². The summed E-state index contributed by atoms with van der Waals surface area (Å²) < 4.78 is 9.22. The van der Waals surface area contributed by atoms with E-state index in [0.29, 0.717) is 6.67 Å². The zero-order chi connectivity index (χ0) is 53.4.